The van der Waals surface area contributed by atoms with Crippen molar-refractivity contribution in [3.05, 3.63) is 95.2 Å². The molecular weight excluding hydrogens is 835 g/mol. The number of ether oxygens (including phenoxy) is 6. The maximum Gasteiger partial charge on any atom is 0.423 e. The van der Waals surface area contributed by atoms with Crippen molar-refractivity contribution in [2.45, 2.75) is 13.1 Å². The van der Waals surface area contributed by atoms with Crippen LogP contribution in [0.15, 0.2) is 85.2 Å². The topological polar surface area (TPSA) is 112 Å². The lowest BCUT2D eigenvalue weighted by atomic mass is 10.2. The number of hydrogen-bond acceptors (Lipinski definition) is 12. The summed E-state index contributed by atoms with van der Waals surface area (Å²) in [5, 5.41) is 2.20. The normalized spacial score (nSPS) is 16.8. The predicted molar refractivity (Wildman–Crippen MR) is 237 cm³/mol. The van der Waals surface area contributed by atoms with E-state index in [0.717, 1.165) is 111 Å². The van der Waals surface area contributed by atoms with Gasteiger partial charge in [-0.2, -0.15) is 0 Å². The second kappa shape index (κ2) is 17.5. The van der Waals surface area contributed by atoms with E-state index >= 15 is 0 Å². The summed E-state index contributed by atoms with van der Waals surface area (Å²) in [5.41, 5.74) is 3.78. The molecule has 4 aliphatic heterocycles. The Morgan fingerprint density at radius 3 is 1.37 bits per heavy atom. The van der Waals surface area contributed by atoms with Crippen molar-refractivity contribution in [2.75, 3.05) is 102 Å². The summed E-state index contributed by atoms with van der Waals surface area (Å²) in [7, 11) is 0. The Kier molecular flexibility index (Phi) is 11.4. The number of benzene rings is 4. The Bertz CT molecular complexity index is 2450. The van der Waals surface area contributed by atoms with Crippen molar-refractivity contribution < 1.29 is 38.0 Å². The number of fused-ring (bicyclic) bond motifs is 4. The van der Waals surface area contributed by atoms with Crippen molar-refractivity contribution in [3.63, 3.8) is 0 Å². The van der Waals surface area contributed by atoms with Gasteiger partial charge in [-0.25, -0.2) is 9.59 Å². The first kappa shape index (κ1) is 40.3. The van der Waals surface area contributed by atoms with E-state index in [-0.39, 0.29) is 11.5 Å². The third-order valence-electron chi connectivity index (χ3n) is 12.0. The molecule has 2 saturated heterocycles. The molecule has 322 valence electrons. The molecule has 14 nitrogen and oxygen atoms in total. The molecule has 4 aromatic carbocycles. The summed E-state index contributed by atoms with van der Waals surface area (Å²) >= 11 is 12.8. The molecule has 0 saturated carbocycles. The summed E-state index contributed by atoms with van der Waals surface area (Å²) in [6, 6.07) is 22.9. The predicted octanol–water partition coefficient (Wildman–Crippen LogP) is 6.60. The molecule has 6 heterocycles. The molecule has 0 bridgehead atoms. The first-order valence-corrected chi connectivity index (χ1v) is 21.8. The highest BCUT2D eigenvalue weighted by Crippen LogP contribution is 2.41. The van der Waals surface area contributed by atoms with Crippen LogP contribution in [0, 0.1) is 0 Å². The van der Waals surface area contributed by atoms with Gasteiger partial charge in [0.05, 0.1) is 22.4 Å². The largest absolute Gasteiger partial charge is 0.486 e. The maximum absolute atomic E-state index is 13.4. The minimum atomic E-state index is -1.14. The van der Waals surface area contributed by atoms with E-state index in [1.165, 1.54) is 0 Å². The average molecular weight is 882 g/mol. The van der Waals surface area contributed by atoms with Crippen molar-refractivity contribution in [2.24, 2.45) is 0 Å². The standard InChI is InChI=1S/C46H46Cl2N6O8/c47-31-7-9-35-33(27-31)41(29-53(35)21-15-49-11-17-51(18-12-49)37-3-1-5-39-43(37)59-25-23-57-39)61-45(55)46(56)62-42-30-54(36-10-8-32(48)28-34(36)42)22-16-50-13-19-52(20-14-50)38-4-2-6-40-44(38)60-26-24-58-40/h1-10,27-30H,11-26H2. The molecule has 62 heavy (non-hydrogen) atoms. The lowest BCUT2D eigenvalue weighted by Crippen LogP contribution is -2.47. The molecule has 0 unspecified atom stereocenters. The SMILES string of the molecule is O=C(Oc1cn(CCN2CCN(c3cccc4c3OCCO4)CC2)c2ccc(Cl)cc12)C(=O)Oc1cn(CCN2CCN(c3cccc4c3OCCO4)CC2)c2ccc(Cl)cc12. The minimum absolute atomic E-state index is 0.226. The zero-order chi connectivity index (χ0) is 42.2. The molecule has 0 amide bonds. The summed E-state index contributed by atoms with van der Waals surface area (Å²) in [6.07, 6.45) is 3.49. The molecule has 16 heteroatoms. The number of piperazine rings is 2. The third-order valence-corrected chi connectivity index (χ3v) is 12.5. The van der Waals surface area contributed by atoms with Crippen LogP contribution < -0.4 is 38.2 Å². The monoisotopic (exact) mass is 880 g/mol. The van der Waals surface area contributed by atoms with E-state index in [1.54, 1.807) is 36.7 Å². The fourth-order valence-electron chi connectivity index (χ4n) is 8.83. The van der Waals surface area contributed by atoms with Crippen molar-refractivity contribution in [1.29, 1.82) is 0 Å². The van der Waals surface area contributed by atoms with E-state index in [0.29, 0.717) is 60.3 Å². The number of hydrogen-bond donors (Lipinski definition) is 0. The molecule has 0 spiro atoms. The van der Waals surface area contributed by atoms with Gasteiger partial charge in [-0.3, -0.25) is 9.80 Å². The Labute approximate surface area is 368 Å². The fourth-order valence-corrected chi connectivity index (χ4v) is 9.17. The molecule has 0 aliphatic carbocycles. The molecule has 0 radical (unpaired) electrons. The highest BCUT2D eigenvalue weighted by atomic mass is 35.5. The van der Waals surface area contributed by atoms with Crippen molar-refractivity contribution in [1.82, 2.24) is 18.9 Å². The van der Waals surface area contributed by atoms with E-state index in [2.05, 4.69) is 31.7 Å². The van der Waals surface area contributed by atoms with Crippen molar-refractivity contribution in [3.8, 4) is 34.5 Å². The number of carbonyl (C=O) groups is 2. The van der Waals surface area contributed by atoms with Gasteiger partial charge < -0.3 is 47.4 Å². The van der Waals surface area contributed by atoms with E-state index < -0.39 is 11.9 Å². The van der Waals surface area contributed by atoms with Crippen LogP contribution in [0.3, 0.4) is 0 Å². The number of halogens is 2. The number of anilines is 2. The quantitative estimate of drug-likeness (QED) is 0.109. The van der Waals surface area contributed by atoms with Crippen LogP contribution in [0.1, 0.15) is 0 Å². The van der Waals surface area contributed by atoms with Gasteiger partial charge in [-0.05, 0) is 60.7 Å². The molecule has 10 rings (SSSR count). The second-order valence-corrected chi connectivity index (χ2v) is 16.6. The second-order valence-electron chi connectivity index (χ2n) is 15.7. The lowest BCUT2D eigenvalue weighted by Gasteiger charge is -2.37. The Morgan fingerprint density at radius 2 is 0.935 bits per heavy atom. The summed E-state index contributed by atoms with van der Waals surface area (Å²) < 4.78 is 39.1. The van der Waals surface area contributed by atoms with Crippen LogP contribution in [-0.4, -0.2) is 123 Å². The third kappa shape index (κ3) is 8.27. The highest BCUT2D eigenvalue weighted by molar-refractivity contribution is 6.33. The van der Waals surface area contributed by atoms with Gasteiger partial charge in [0.1, 0.15) is 26.4 Å². The Hall–Kier alpha value is -5.80. The van der Waals surface area contributed by atoms with Gasteiger partial charge in [-0.15, -0.1) is 0 Å². The van der Waals surface area contributed by atoms with Crippen LogP contribution in [-0.2, 0) is 22.7 Å². The van der Waals surface area contributed by atoms with Gasteiger partial charge >= 0.3 is 11.9 Å². The van der Waals surface area contributed by atoms with Crippen LogP contribution >= 0.6 is 23.2 Å². The van der Waals surface area contributed by atoms with E-state index in [4.69, 9.17) is 51.6 Å². The fraction of sp³-hybridized carbons (Fsp3) is 0.348. The number of nitrogens with zero attached hydrogens (tertiary/aromatic N) is 6. The molecule has 0 atom stereocenters. The molecule has 2 fully saturated rings. The molecule has 6 aromatic rings. The van der Waals surface area contributed by atoms with Gasteiger partial charge in [-0.1, -0.05) is 35.3 Å². The van der Waals surface area contributed by atoms with Gasteiger partial charge in [0.15, 0.2) is 34.5 Å². The Morgan fingerprint density at radius 1 is 0.516 bits per heavy atom. The van der Waals surface area contributed by atoms with Gasteiger partial charge in [0.25, 0.3) is 0 Å². The summed E-state index contributed by atoms with van der Waals surface area (Å²) in [5.74, 6) is 1.38. The summed E-state index contributed by atoms with van der Waals surface area (Å²) in [4.78, 5) is 36.3. The lowest BCUT2D eigenvalue weighted by molar-refractivity contribution is -0.156. The number of aromatic nitrogens is 2. The number of carbonyl (C=O) groups excluding carboxylic acids is 2. The first-order chi connectivity index (χ1) is 30.3. The number of esters is 2. The summed E-state index contributed by atoms with van der Waals surface area (Å²) in [6.45, 7) is 11.9. The first-order valence-electron chi connectivity index (χ1n) is 21.1. The maximum atomic E-state index is 13.4. The zero-order valence-corrected chi connectivity index (χ0v) is 35.6. The van der Waals surface area contributed by atoms with E-state index in [1.807, 2.05) is 45.5 Å². The average Bonchev–Trinajstić information content (AvgIpc) is 3.82. The smallest absolute Gasteiger partial charge is 0.423 e. The number of para-hydroxylation sites is 2. The van der Waals surface area contributed by atoms with Gasteiger partial charge in [0, 0.05) is 112 Å². The van der Waals surface area contributed by atoms with Crippen LogP contribution in [0.2, 0.25) is 10.0 Å². The minimum Gasteiger partial charge on any atom is -0.486 e. The van der Waals surface area contributed by atoms with Crippen molar-refractivity contribution >= 4 is 68.3 Å². The van der Waals surface area contributed by atoms with E-state index in [9.17, 15) is 9.59 Å². The molecule has 2 aromatic heterocycles. The zero-order valence-electron chi connectivity index (χ0n) is 34.1. The number of rotatable bonds is 10. The Balaban J connectivity index is 0.768. The molecule has 0 N–H and O–H groups in total. The van der Waals surface area contributed by atoms with Crippen LogP contribution in [0.4, 0.5) is 11.4 Å². The van der Waals surface area contributed by atoms with Crippen LogP contribution in [0.5, 0.6) is 34.5 Å². The molecular formula is C46H46Cl2N6O8. The van der Waals surface area contributed by atoms with Gasteiger partial charge in [0.2, 0.25) is 0 Å². The van der Waals surface area contributed by atoms with Crippen LogP contribution in [0.25, 0.3) is 21.8 Å². The highest BCUT2D eigenvalue weighted by Gasteiger charge is 2.28. The molecule has 4 aliphatic rings.